The van der Waals surface area contributed by atoms with Crippen LogP contribution < -0.4 is 15.4 Å². The van der Waals surface area contributed by atoms with Crippen LogP contribution in [0.3, 0.4) is 0 Å². The number of amides is 2. The van der Waals surface area contributed by atoms with Crippen molar-refractivity contribution in [3.8, 4) is 5.75 Å². The van der Waals surface area contributed by atoms with Gasteiger partial charge in [0.05, 0.1) is 12.0 Å². The molecule has 148 valence electrons. The third-order valence-corrected chi connectivity index (χ3v) is 4.35. The Kier molecular flexibility index (Phi) is 7.08. The lowest BCUT2D eigenvalue weighted by atomic mass is 10.1. The molecule has 1 atom stereocenters. The zero-order valence-corrected chi connectivity index (χ0v) is 16.0. The SMILES string of the molecule is CCC(C)C(=O)Nc1cccc(CNC(=O)c2ccc(OC)c([N+](=O)[O-])c2)c1. The van der Waals surface area contributed by atoms with Gasteiger partial charge in [-0.05, 0) is 36.2 Å². The second kappa shape index (κ2) is 9.50. The van der Waals surface area contributed by atoms with Crippen molar-refractivity contribution >= 4 is 23.2 Å². The summed E-state index contributed by atoms with van der Waals surface area (Å²) in [4.78, 5) is 34.8. The molecule has 2 amide bonds. The standard InChI is InChI=1S/C20H23N3O5/c1-4-13(2)19(24)22-16-7-5-6-14(10-16)12-21-20(25)15-8-9-18(28-3)17(11-15)23(26)27/h5-11,13H,4,12H2,1-3H3,(H,21,25)(H,22,24). The maximum absolute atomic E-state index is 12.3. The first kappa shape index (κ1) is 20.9. The van der Waals surface area contributed by atoms with Crippen molar-refractivity contribution in [2.75, 3.05) is 12.4 Å². The lowest BCUT2D eigenvalue weighted by Gasteiger charge is -2.11. The number of nitrogens with zero attached hydrogens (tertiary/aromatic N) is 1. The fourth-order valence-corrected chi connectivity index (χ4v) is 2.47. The molecule has 0 aliphatic carbocycles. The maximum atomic E-state index is 12.3. The van der Waals surface area contributed by atoms with Gasteiger partial charge in [-0.2, -0.15) is 0 Å². The smallest absolute Gasteiger partial charge is 0.311 e. The van der Waals surface area contributed by atoms with Gasteiger partial charge in [-0.15, -0.1) is 0 Å². The number of anilines is 1. The van der Waals surface area contributed by atoms with Crippen molar-refractivity contribution in [2.24, 2.45) is 5.92 Å². The lowest BCUT2D eigenvalue weighted by molar-refractivity contribution is -0.385. The highest BCUT2D eigenvalue weighted by molar-refractivity contribution is 5.95. The molecule has 0 heterocycles. The number of nitrogens with one attached hydrogen (secondary N) is 2. The molecule has 8 heteroatoms. The highest BCUT2D eigenvalue weighted by Crippen LogP contribution is 2.27. The number of nitro groups is 1. The summed E-state index contributed by atoms with van der Waals surface area (Å²) in [7, 11) is 1.33. The zero-order chi connectivity index (χ0) is 20.7. The second-order valence-corrected chi connectivity index (χ2v) is 6.33. The third-order valence-electron chi connectivity index (χ3n) is 4.35. The summed E-state index contributed by atoms with van der Waals surface area (Å²) in [6.07, 6.45) is 0.746. The van der Waals surface area contributed by atoms with E-state index >= 15 is 0 Å². The van der Waals surface area contributed by atoms with Crippen LogP contribution in [-0.2, 0) is 11.3 Å². The van der Waals surface area contributed by atoms with Crippen LogP contribution in [0.4, 0.5) is 11.4 Å². The Hall–Kier alpha value is -3.42. The quantitative estimate of drug-likeness (QED) is 0.533. The molecule has 2 aromatic rings. The van der Waals surface area contributed by atoms with Crippen molar-refractivity contribution in [1.29, 1.82) is 0 Å². The number of rotatable bonds is 8. The van der Waals surface area contributed by atoms with E-state index in [1.807, 2.05) is 19.9 Å². The summed E-state index contributed by atoms with van der Waals surface area (Å²) in [5.41, 5.74) is 1.33. The summed E-state index contributed by atoms with van der Waals surface area (Å²) < 4.78 is 4.93. The number of hydrogen-bond donors (Lipinski definition) is 2. The van der Waals surface area contributed by atoms with Crippen LogP contribution >= 0.6 is 0 Å². The van der Waals surface area contributed by atoms with E-state index in [9.17, 15) is 19.7 Å². The summed E-state index contributed by atoms with van der Waals surface area (Å²) in [6.45, 7) is 4.01. The van der Waals surface area contributed by atoms with Crippen LogP contribution in [0, 0.1) is 16.0 Å². The molecule has 2 aromatic carbocycles. The Morgan fingerprint density at radius 3 is 2.61 bits per heavy atom. The predicted octanol–water partition coefficient (Wildman–Crippen LogP) is 3.52. The molecule has 0 spiro atoms. The first-order valence-electron chi connectivity index (χ1n) is 8.86. The Morgan fingerprint density at radius 1 is 1.21 bits per heavy atom. The molecule has 0 bridgehead atoms. The van der Waals surface area contributed by atoms with Crippen LogP contribution in [0.25, 0.3) is 0 Å². The number of carbonyl (C=O) groups excluding carboxylic acids is 2. The van der Waals surface area contributed by atoms with Gasteiger partial charge in [0.1, 0.15) is 0 Å². The molecular formula is C20H23N3O5. The van der Waals surface area contributed by atoms with E-state index in [1.54, 1.807) is 18.2 Å². The summed E-state index contributed by atoms with van der Waals surface area (Å²) in [6, 6.07) is 11.2. The number of nitro benzene ring substituents is 1. The number of benzene rings is 2. The molecule has 2 rings (SSSR count). The van der Waals surface area contributed by atoms with Gasteiger partial charge in [0.2, 0.25) is 5.91 Å². The molecule has 0 aliphatic rings. The molecule has 0 fully saturated rings. The van der Waals surface area contributed by atoms with Crippen LogP contribution in [0.5, 0.6) is 5.75 Å². The fourth-order valence-electron chi connectivity index (χ4n) is 2.47. The molecule has 0 aliphatic heterocycles. The van der Waals surface area contributed by atoms with Crippen LogP contribution in [0.2, 0.25) is 0 Å². The molecule has 8 nitrogen and oxygen atoms in total. The number of carbonyl (C=O) groups is 2. The van der Waals surface area contributed by atoms with E-state index < -0.39 is 10.8 Å². The van der Waals surface area contributed by atoms with Gasteiger partial charge < -0.3 is 15.4 Å². The van der Waals surface area contributed by atoms with E-state index in [0.717, 1.165) is 12.0 Å². The van der Waals surface area contributed by atoms with E-state index in [1.165, 1.54) is 25.3 Å². The summed E-state index contributed by atoms with van der Waals surface area (Å²) in [5, 5.41) is 16.7. The van der Waals surface area contributed by atoms with Crippen molar-refractivity contribution in [3.05, 3.63) is 63.7 Å². The highest BCUT2D eigenvalue weighted by atomic mass is 16.6. The Balaban J connectivity index is 2.05. The van der Waals surface area contributed by atoms with Gasteiger partial charge in [-0.1, -0.05) is 26.0 Å². The third kappa shape index (κ3) is 5.29. The average Bonchev–Trinajstić information content (AvgIpc) is 2.70. The minimum atomic E-state index is -0.598. The summed E-state index contributed by atoms with van der Waals surface area (Å²) in [5.74, 6) is -0.505. The van der Waals surface area contributed by atoms with Crippen molar-refractivity contribution < 1.29 is 19.2 Å². The lowest BCUT2D eigenvalue weighted by Crippen LogP contribution is -2.23. The van der Waals surface area contributed by atoms with Crippen LogP contribution in [0.1, 0.15) is 36.2 Å². The van der Waals surface area contributed by atoms with Gasteiger partial charge >= 0.3 is 5.69 Å². The second-order valence-electron chi connectivity index (χ2n) is 6.33. The maximum Gasteiger partial charge on any atom is 0.311 e. The van der Waals surface area contributed by atoms with E-state index in [-0.39, 0.29) is 35.4 Å². The Morgan fingerprint density at radius 2 is 1.96 bits per heavy atom. The van der Waals surface area contributed by atoms with E-state index in [2.05, 4.69) is 10.6 Å². The molecule has 0 saturated heterocycles. The number of hydrogen-bond acceptors (Lipinski definition) is 5. The Labute approximate surface area is 163 Å². The van der Waals surface area contributed by atoms with Crippen molar-refractivity contribution in [1.82, 2.24) is 5.32 Å². The largest absolute Gasteiger partial charge is 0.490 e. The Bertz CT molecular complexity index is 882. The zero-order valence-electron chi connectivity index (χ0n) is 16.0. The van der Waals surface area contributed by atoms with Gasteiger partial charge in [0, 0.05) is 29.8 Å². The van der Waals surface area contributed by atoms with Gasteiger partial charge in [-0.25, -0.2) is 0 Å². The minimum absolute atomic E-state index is 0.0609. The van der Waals surface area contributed by atoms with Gasteiger partial charge in [-0.3, -0.25) is 19.7 Å². The van der Waals surface area contributed by atoms with Crippen LogP contribution in [-0.4, -0.2) is 23.8 Å². The number of ether oxygens (including phenoxy) is 1. The highest BCUT2D eigenvalue weighted by Gasteiger charge is 2.18. The fraction of sp³-hybridized carbons (Fsp3) is 0.300. The molecule has 0 aromatic heterocycles. The molecule has 0 radical (unpaired) electrons. The van der Waals surface area contributed by atoms with Gasteiger partial charge in [0.15, 0.2) is 5.75 Å². The predicted molar refractivity (Wildman–Crippen MR) is 105 cm³/mol. The first-order chi connectivity index (χ1) is 13.3. The van der Waals surface area contributed by atoms with Crippen LogP contribution in [0.15, 0.2) is 42.5 Å². The molecule has 0 saturated carbocycles. The molecule has 28 heavy (non-hydrogen) atoms. The minimum Gasteiger partial charge on any atom is -0.490 e. The normalized spacial score (nSPS) is 11.4. The van der Waals surface area contributed by atoms with Crippen molar-refractivity contribution in [2.45, 2.75) is 26.8 Å². The molecular weight excluding hydrogens is 362 g/mol. The molecule has 2 N–H and O–H groups in total. The molecule has 1 unspecified atom stereocenters. The number of methoxy groups -OCH3 is 1. The topological polar surface area (TPSA) is 111 Å². The summed E-state index contributed by atoms with van der Waals surface area (Å²) >= 11 is 0. The average molecular weight is 385 g/mol. The first-order valence-corrected chi connectivity index (χ1v) is 8.86. The van der Waals surface area contributed by atoms with Gasteiger partial charge in [0.25, 0.3) is 5.91 Å². The van der Waals surface area contributed by atoms with Crippen molar-refractivity contribution in [3.63, 3.8) is 0 Å². The monoisotopic (exact) mass is 385 g/mol. The van der Waals surface area contributed by atoms with E-state index in [4.69, 9.17) is 4.74 Å². The van der Waals surface area contributed by atoms with E-state index in [0.29, 0.717) is 5.69 Å².